The monoisotopic (exact) mass is 383 g/mol. The van der Waals surface area contributed by atoms with Crippen molar-refractivity contribution in [3.8, 4) is 0 Å². The summed E-state index contributed by atoms with van der Waals surface area (Å²) in [7, 11) is 4.14. The van der Waals surface area contributed by atoms with E-state index in [9.17, 15) is 0 Å². The molecule has 0 radical (unpaired) electrons. The number of guanidine groups is 1. The van der Waals surface area contributed by atoms with Crippen LogP contribution in [0.15, 0.2) is 35.3 Å². The van der Waals surface area contributed by atoms with Gasteiger partial charge in [0, 0.05) is 44.8 Å². The third-order valence-electron chi connectivity index (χ3n) is 6.94. The number of likely N-dealkylation sites (tertiary alicyclic amines) is 1. The average Bonchev–Trinajstić information content (AvgIpc) is 2.94. The number of hydrogen-bond donors (Lipinski definition) is 2. The molecular weight excluding hydrogens is 346 g/mol. The zero-order valence-corrected chi connectivity index (χ0v) is 17.6. The van der Waals surface area contributed by atoms with Gasteiger partial charge in [0.25, 0.3) is 0 Å². The largest absolute Gasteiger partial charge is 0.356 e. The van der Waals surface area contributed by atoms with Crippen molar-refractivity contribution in [1.82, 2.24) is 20.4 Å². The molecule has 5 heteroatoms. The highest BCUT2D eigenvalue weighted by atomic mass is 15.3. The fraction of sp³-hybridized carbons (Fsp3) is 0.696. The second-order valence-electron chi connectivity index (χ2n) is 9.08. The number of rotatable bonds is 5. The summed E-state index contributed by atoms with van der Waals surface area (Å²) >= 11 is 0. The fourth-order valence-corrected chi connectivity index (χ4v) is 5.51. The van der Waals surface area contributed by atoms with Crippen molar-refractivity contribution >= 4 is 5.96 Å². The summed E-state index contributed by atoms with van der Waals surface area (Å²) in [5, 5.41) is 7.35. The third kappa shape index (κ3) is 4.87. The van der Waals surface area contributed by atoms with E-state index in [1.54, 1.807) is 0 Å². The van der Waals surface area contributed by atoms with Crippen molar-refractivity contribution in [2.75, 3.05) is 33.7 Å². The molecule has 0 amide bonds. The lowest BCUT2D eigenvalue weighted by Crippen LogP contribution is -2.53. The Morgan fingerprint density at radius 2 is 1.86 bits per heavy atom. The highest BCUT2D eigenvalue weighted by Crippen LogP contribution is 2.36. The van der Waals surface area contributed by atoms with Crippen molar-refractivity contribution in [1.29, 1.82) is 0 Å². The number of hydrogen-bond acceptors (Lipinski definition) is 3. The lowest BCUT2D eigenvalue weighted by molar-refractivity contribution is 0.114. The van der Waals surface area contributed by atoms with Gasteiger partial charge in [0.15, 0.2) is 5.96 Å². The van der Waals surface area contributed by atoms with Gasteiger partial charge in [-0.3, -0.25) is 9.89 Å². The lowest BCUT2D eigenvalue weighted by atomic mass is 9.96. The Morgan fingerprint density at radius 1 is 1.11 bits per heavy atom. The first-order valence-corrected chi connectivity index (χ1v) is 11.2. The van der Waals surface area contributed by atoms with Crippen molar-refractivity contribution in [3.05, 3.63) is 35.9 Å². The summed E-state index contributed by atoms with van der Waals surface area (Å²) in [6.07, 6.45) is 7.80. The highest BCUT2D eigenvalue weighted by molar-refractivity contribution is 5.80. The topological polar surface area (TPSA) is 42.9 Å². The standard InChI is InChI=1S/C23H37N5/c1-24-23(25-15-19-9-6-12-27(2)16-19)26-20-13-21-10-11-22(14-20)28(21)17-18-7-4-3-5-8-18/h3-5,7-8,19-22H,6,9-17H2,1-2H3,(H2,24,25,26). The van der Waals surface area contributed by atoms with Gasteiger partial charge in [0.1, 0.15) is 0 Å². The average molecular weight is 384 g/mol. The van der Waals surface area contributed by atoms with Crippen molar-refractivity contribution in [3.63, 3.8) is 0 Å². The maximum absolute atomic E-state index is 4.51. The Morgan fingerprint density at radius 3 is 2.54 bits per heavy atom. The number of aliphatic imine (C=N–C) groups is 1. The molecule has 0 saturated carbocycles. The first kappa shape index (κ1) is 19.7. The molecule has 3 heterocycles. The maximum Gasteiger partial charge on any atom is 0.191 e. The Bertz CT molecular complexity index is 632. The van der Waals surface area contributed by atoms with Gasteiger partial charge in [-0.05, 0) is 63.6 Å². The minimum Gasteiger partial charge on any atom is -0.356 e. The normalized spacial score (nSPS) is 31.7. The van der Waals surface area contributed by atoms with Crippen LogP contribution in [0, 0.1) is 5.92 Å². The van der Waals surface area contributed by atoms with E-state index >= 15 is 0 Å². The molecule has 5 nitrogen and oxygen atoms in total. The van der Waals surface area contributed by atoms with E-state index in [1.165, 1.54) is 57.2 Å². The minimum atomic E-state index is 0.546. The molecule has 1 aromatic carbocycles. The van der Waals surface area contributed by atoms with Gasteiger partial charge < -0.3 is 15.5 Å². The van der Waals surface area contributed by atoms with Crippen LogP contribution < -0.4 is 10.6 Å². The molecule has 3 saturated heterocycles. The molecular formula is C23H37N5. The molecule has 0 aromatic heterocycles. The number of piperidine rings is 2. The van der Waals surface area contributed by atoms with Crippen LogP contribution in [-0.4, -0.2) is 67.6 Å². The summed E-state index contributed by atoms with van der Waals surface area (Å²) < 4.78 is 0. The SMILES string of the molecule is CN=C(NCC1CCCN(C)C1)NC1CC2CCC(C1)N2Cc1ccccc1. The molecule has 3 fully saturated rings. The summed E-state index contributed by atoms with van der Waals surface area (Å²) in [6, 6.07) is 12.9. The van der Waals surface area contributed by atoms with Crippen LogP contribution in [0.3, 0.4) is 0 Å². The van der Waals surface area contributed by atoms with Gasteiger partial charge in [-0.25, -0.2) is 0 Å². The quantitative estimate of drug-likeness (QED) is 0.606. The maximum atomic E-state index is 4.51. The molecule has 0 spiro atoms. The first-order valence-electron chi connectivity index (χ1n) is 11.2. The molecule has 0 aliphatic carbocycles. The van der Waals surface area contributed by atoms with Gasteiger partial charge in [-0.15, -0.1) is 0 Å². The number of nitrogens with zero attached hydrogens (tertiary/aromatic N) is 3. The molecule has 3 unspecified atom stereocenters. The van der Waals surface area contributed by atoms with Crippen LogP contribution in [0.1, 0.15) is 44.1 Å². The highest BCUT2D eigenvalue weighted by Gasteiger charge is 2.40. The zero-order chi connectivity index (χ0) is 19.3. The Hall–Kier alpha value is -1.59. The Labute approximate surface area is 170 Å². The number of fused-ring (bicyclic) bond motifs is 2. The lowest BCUT2D eigenvalue weighted by Gasteiger charge is -2.39. The smallest absolute Gasteiger partial charge is 0.191 e. The predicted octanol–water partition coefficient (Wildman–Crippen LogP) is 2.69. The van der Waals surface area contributed by atoms with Crippen LogP contribution in [0.2, 0.25) is 0 Å². The van der Waals surface area contributed by atoms with Gasteiger partial charge >= 0.3 is 0 Å². The molecule has 1 aromatic rings. The van der Waals surface area contributed by atoms with Crippen LogP contribution in [-0.2, 0) is 6.54 Å². The Kier molecular flexibility index (Phi) is 6.53. The molecule has 3 aliphatic rings. The van der Waals surface area contributed by atoms with Gasteiger partial charge in [0.05, 0.1) is 0 Å². The van der Waals surface area contributed by atoms with Crippen LogP contribution in [0.4, 0.5) is 0 Å². The van der Waals surface area contributed by atoms with Gasteiger partial charge in [-0.2, -0.15) is 0 Å². The second kappa shape index (κ2) is 9.27. The second-order valence-corrected chi connectivity index (χ2v) is 9.08. The van der Waals surface area contributed by atoms with Crippen molar-refractivity contribution < 1.29 is 0 Å². The first-order chi connectivity index (χ1) is 13.7. The number of nitrogens with one attached hydrogen (secondary N) is 2. The van der Waals surface area contributed by atoms with Crippen molar-refractivity contribution in [2.24, 2.45) is 10.9 Å². The van der Waals surface area contributed by atoms with E-state index < -0.39 is 0 Å². The molecule has 154 valence electrons. The molecule has 3 aliphatic heterocycles. The molecule has 2 bridgehead atoms. The van der Waals surface area contributed by atoms with E-state index in [1.807, 2.05) is 7.05 Å². The van der Waals surface area contributed by atoms with E-state index in [0.29, 0.717) is 18.1 Å². The van der Waals surface area contributed by atoms with Crippen molar-refractivity contribution in [2.45, 2.75) is 63.2 Å². The predicted molar refractivity (Wildman–Crippen MR) is 117 cm³/mol. The fourth-order valence-electron chi connectivity index (χ4n) is 5.51. The van der Waals surface area contributed by atoms with Crippen LogP contribution >= 0.6 is 0 Å². The van der Waals surface area contributed by atoms with E-state index in [2.05, 4.69) is 62.8 Å². The molecule has 4 rings (SSSR count). The van der Waals surface area contributed by atoms with E-state index in [4.69, 9.17) is 0 Å². The summed E-state index contributed by atoms with van der Waals surface area (Å²) in [5.74, 6) is 1.73. The summed E-state index contributed by atoms with van der Waals surface area (Å²) in [5.41, 5.74) is 1.45. The number of benzene rings is 1. The Balaban J connectivity index is 1.26. The summed E-state index contributed by atoms with van der Waals surface area (Å²) in [4.78, 5) is 9.71. The van der Waals surface area contributed by atoms with Gasteiger partial charge in [0.2, 0.25) is 0 Å². The van der Waals surface area contributed by atoms with E-state index in [0.717, 1.165) is 25.0 Å². The van der Waals surface area contributed by atoms with Crippen LogP contribution in [0.5, 0.6) is 0 Å². The van der Waals surface area contributed by atoms with Crippen LogP contribution in [0.25, 0.3) is 0 Å². The zero-order valence-electron chi connectivity index (χ0n) is 17.6. The minimum absolute atomic E-state index is 0.546. The summed E-state index contributed by atoms with van der Waals surface area (Å²) in [6.45, 7) is 4.58. The molecule has 2 N–H and O–H groups in total. The van der Waals surface area contributed by atoms with E-state index in [-0.39, 0.29) is 0 Å². The third-order valence-corrected chi connectivity index (χ3v) is 6.94. The molecule has 28 heavy (non-hydrogen) atoms. The molecule has 3 atom stereocenters. The van der Waals surface area contributed by atoms with Gasteiger partial charge in [-0.1, -0.05) is 30.3 Å².